The third-order valence-corrected chi connectivity index (χ3v) is 5.95. The summed E-state index contributed by atoms with van der Waals surface area (Å²) in [5.41, 5.74) is 5.72. The summed E-state index contributed by atoms with van der Waals surface area (Å²) in [7, 11) is 0. The Morgan fingerprint density at radius 3 is 2.77 bits per heavy atom. The second kappa shape index (κ2) is 12.1. The van der Waals surface area contributed by atoms with Crippen LogP contribution in [0.4, 0.5) is 0 Å². The summed E-state index contributed by atoms with van der Waals surface area (Å²) in [6.45, 7) is 8.35. The maximum absolute atomic E-state index is 4.62. The summed E-state index contributed by atoms with van der Waals surface area (Å²) < 4.78 is 2.24. The van der Waals surface area contributed by atoms with Gasteiger partial charge >= 0.3 is 0 Å². The number of hydrogen-bond acceptors (Lipinski definition) is 5. The van der Waals surface area contributed by atoms with Crippen molar-refractivity contribution in [2.75, 3.05) is 19.6 Å². The van der Waals surface area contributed by atoms with Gasteiger partial charge in [-0.05, 0) is 81.6 Å². The number of aromatic nitrogens is 3. The van der Waals surface area contributed by atoms with E-state index in [-0.39, 0.29) is 0 Å². The number of hydrogen-bond donors (Lipinski definition) is 3. The molecule has 0 aliphatic carbocycles. The minimum atomic E-state index is 0.309. The molecule has 0 saturated carbocycles. The van der Waals surface area contributed by atoms with Crippen LogP contribution in [-0.2, 0) is 13.0 Å². The Hall–Kier alpha value is -1.89. The van der Waals surface area contributed by atoms with E-state index in [1.807, 2.05) is 12.5 Å². The molecule has 5 nitrogen and oxygen atoms in total. The van der Waals surface area contributed by atoms with E-state index in [0.29, 0.717) is 5.37 Å². The van der Waals surface area contributed by atoms with Gasteiger partial charge in [-0.15, -0.1) is 0 Å². The van der Waals surface area contributed by atoms with Crippen molar-refractivity contribution in [3.63, 3.8) is 0 Å². The molecule has 30 heavy (non-hydrogen) atoms. The Morgan fingerprint density at radius 2 is 1.93 bits per heavy atom. The van der Waals surface area contributed by atoms with Crippen LogP contribution in [0.25, 0.3) is 22.3 Å². The number of imidazole rings is 1. The first kappa shape index (κ1) is 22.8. The zero-order valence-electron chi connectivity index (χ0n) is 18.3. The van der Waals surface area contributed by atoms with Crippen LogP contribution in [0, 0.1) is 0 Å². The number of benzene rings is 1. The molecule has 0 radical (unpaired) electrons. The minimum Gasteiger partial charge on any atom is -0.331 e. The van der Waals surface area contributed by atoms with Crippen molar-refractivity contribution in [3.05, 3.63) is 48.4 Å². The van der Waals surface area contributed by atoms with Gasteiger partial charge in [0.25, 0.3) is 0 Å². The first-order valence-corrected chi connectivity index (χ1v) is 11.7. The van der Waals surface area contributed by atoms with Crippen molar-refractivity contribution < 1.29 is 0 Å². The lowest BCUT2D eigenvalue weighted by molar-refractivity contribution is 0.592. The van der Waals surface area contributed by atoms with Gasteiger partial charge < -0.3 is 15.2 Å². The summed E-state index contributed by atoms with van der Waals surface area (Å²) in [5, 5.41) is 7.12. The molecule has 2 heterocycles. The van der Waals surface area contributed by atoms with Crippen LogP contribution in [-0.4, -0.2) is 39.5 Å². The van der Waals surface area contributed by atoms with Gasteiger partial charge in [-0.25, -0.2) is 4.98 Å². The van der Waals surface area contributed by atoms with Gasteiger partial charge in [-0.3, -0.25) is 4.98 Å². The topological polar surface area (TPSA) is 54.8 Å². The van der Waals surface area contributed by atoms with Crippen molar-refractivity contribution in [2.24, 2.45) is 0 Å². The molecule has 1 aromatic carbocycles. The molecule has 1 unspecified atom stereocenters. The molecule has 0 fully saturated rings. The fourth-order valence-electron chi connectivity index (χ4n) is 3.61. The van der Waals surface area contributed by atoms with Crippen LogP contribution in [0.2, 0.25) is 0 Å². The average molecular weight is 426 g/mol. The van der Waals surface area contributed by atoms with E-state index in [2.05, 4.69) is 82.0 Å². The van der Waals surface area contributed by atoms with Crippen LogP contribution < -0.4 is 10.6 Å². The lowest BCUT2D eigenvalue weighted by Gasteiger charge is -2.10. The first-order chi connectivity index (χ1) is 14.7. The number of fused-ring (bicyclic) bond motifs is 1. The molecular formula is C24H35N5S. The molecule has 162 valence electrons. The predicted octanol–water partition coefficient (Wildman–Crippen LogP) is 4.68. The molecule has 6 heteroatoms. The Labute approximate surface area is 186 Å². The standard InChI is InChI=1S/C24H35N5S/c1-3-24(30)27-13-6-5-8-19-11-14-26-21(16-19)20-9-10-23-22(17-20)28-18-29(23)15-7-12-25-4-2/h9-11,14,16-18,24-25,27,30H,3-8,12-13,15H2,1-2H3. The Balaban J connectivity index is 1.59. The fourth-order valence-corrected chi connectivity index (χ4v) is 3.74. The van der Waals surface area contributed by atoms with Crippen molar-refractivity contribution in [2.45, 2.75) is 57.9 Å². The molecule has 2 aromatic heterocycles. The second-order valence-corrected chi connectivity index (χ2v) is 8.36. The van der Waals surface area contributed by atoms with E-state index >= 15 is 0 Å². The first-order valence-electron chi connectivity index (χ1n) is 11.2. The van der Waals surface area contributed by atoms with E-state index in [0.717, 1.165) is 75.1 Å². The predicted molar refractivity (Wildman–Crippen MR) is 130 cm³/mol. The van der Waals surface area contributed by atoms with E-state index in [4.69, 9.17) is 0 Å². The molecule has 0 saturated heterocycles. The quantitative estimate of drug-likeness (QED) is 0.211. The molecule has 3 rings (SSSR count). The lowest BCUT2D eigenvalue weighted by Crippen LogP contribution is -2.24. The number of thiol groups is 1. The number of rotatable bonds is 13. The Bertz CT molecular complexity index is 908. The second-order valence-electron chi connectivity index (χ2n) is 7.73. The summed E-state index contributed by atoms with van der Waals surface area (Å²) >= 11 is 4.48. The number of aryl methyl sites for hydroxylation is 2. The van der Waals surface area contributed by atoms with Crippen molar-refractivity contribution in [1.29, 1.82) is 0 Å². The highest BCUT2D eigenvalue weighted by Gasteiger charge is 2.07. The number of pyridine rings is 1. The maximum Gasteiger partial charge on any atom is 0.0958 e. The van der Waals surface area contributed by atoms with Crippen LogP contribution in [0.1, 0.15) is 45.1 Å². The molecule has 0 aliphatic heterocycles. The monoisotopic (exact) mass is 425 g/mol. The number of nitrogens with one attached hydrogen (secondary N) is 2. The third kappa shape index (κ3) is 6.56. The van der Waals surface area contributed by atoms with Crippen molar-refractivity contribution in [3.8, 4) is 11.3 Å². The molecule has 0 spiro atoms. The van der Waals surface area contributed by atoms with Gasteiger partial charge in [0.2, 0.25) is 0 Å². The summed E-state index contributed by atoms with van der Waals surface area (Å²) in [6, 6.07) is 10.8. The van der Waals surface area contributed by atoms with Gasteiger partial charge in [0.1, 0.15) is 0 Å². The normalized spacial score (nSPS) is 12.5. The highest BCUT2D eigenvalue weighted by atomic mass is 32.1. The van der Waals surface area contributed by atoms with E-state index < -0.39 is 0 Å². The Morgan fingerprint density at radius 1 is 1.03 bits per heavy atom. The summed E-state index contributed by atoms with van der Waals surface area (Å²) in [4.78, 5) is 9.23. The van der Waals surface area contributed by atoms with Crippen LogP contribution in [0.15, 0.2) is 42.9 Å². The van der Waals surface area contributed by atoms with Crippen molar-refractivity contribution in [1.82, 2.24) is 25.2 Å². The van der Waals surface area contributed by atoms with E-state index in [1.54, 1.807) is 0 Å². The van der Waals surface area contributed by atoms with Gasteiger partial charge in [-0.1, -0.05) is 19.9 Å². The molecule has 3 aromatic rings. The SMILES string of the molecule is CCNCCCn1cnc2cc(-c3cc(CCCCNC(S)CC)ccn3)ccc21. The van der Waals surface area contributed by atoms with Crippen LogP contribution in [0.5, 0.6) is 0 Å². The number of nitrogens with zero attached hydrogens (tertiary/aromatic N) is 3. The molecular weight excluding hydrogens is 390 g/mol. The lowest BCUT2D eigenvalue weighted by atomic mass is 10.0. The average Bonchev–Trinajstić information content (AvgIpc) is 3.18. The molecule has 0 aliphatic rings. The van der Waals surface area contributed by atoms with Crippen LogP contribution >= 0.6 is 12.6 Å². The smallest absolute Gasteiger partial charge is 0.0958 e. The number of unbranched alkanes of at least 4 members (excludes halogenated alkanes) is 1. The highest BCUT2D eigenvalue weighted by Crippen LogP contribution is 2.23. The van der Waals surface area contributed by atoms with Gasteiger partial charge in [-0.2, -0.15) is 12.6 Å². The zero-order chi connectivity index (χ0) is 21.2. The van der Waals surface area contributed by atoms with E-state index in [9.17, 15) is 0 Å². The molecule has 0 amide bonds. The minimum absolute atomic E-state index is 0.309. The zero-order valence-corrected chi connectivity index (χ0v) is 19.2. The van der Waals surface area contributed by atoms with E-state index in [1.165, 1.54) is 11.1 Å². The maximum atomic E-state index is 4.62. The molecule has 1 atom stereocenters. The largest absolute Gasteiger partial charge is 0.331 e. The highest BCUT2D eigenvalue weighted by molar-refractivity contribution is 7.80. The Kier molecular flexibility index (Phi) is 9.18. The van der Waals surface area contributed by atoms with Gasteiger partial charge in [0, 0.05) is 23.7 Å². The molecule has 2 N–H and O–H groups in total. The van der Waals surface area contributed by atoms with Gasteiger partial charge in [0.05, 0.1) is 23.1 Å². The summed E-state index contributed by atoms with van der Waals surface area (Å²) in [6.07, 6.45) is 9.42. The molecule has 0 bridgehead atoms. The van der Waals surface area contributed by atoms with Crippen molar-refractivity contribution >= 4 is 23.7 Å². The third-order valence-electron chi connectivity index (χ3n) is 5.40. The fraction of sp³-hybridized carbons (Fsp3) is 0.500. The summed E-state index contributed by atoms with van der Waals surface area (Å²) in [5.74, 6) is 0. The van der Waals surface area contributed by atoms with Crippen LogP contribution in [0.3, 0.4) is 0 Å². The van der Waals surface area contributed by atoms with Gasteiger partial charge in [0.15, 0.2) is 0 Å².